The van der Waals surface area contributed by atoms with E-state index in [-0.39, 0.29) is 17.4 Å². The van der Waals surface area contributed by atoms with Gasteiger partial charge in [0.25, 0.3) is 5.91 Å². The summed E-state index contributed by atoms with van der Waals surface area (Å²) in [4.78, 5) is 52.4. The first-order valence-corrected chi connectivity index (χ1v) is 10.4. The summed E-state index contributed by atoms with van der Waals surface area (Å²) in [5.41, 5.74) is 1.48. The molecular weight excluding hydrogens is 438 g/mol. The average Bonchev–Trinajstić information content (AvgIpc) is 3.20. The van der Waals surface area contributed by atoms with Gasteiger partial charge in [-0.25, -0.2) is 9.78 Å². The van der Waals surface area contributed by atoms with Crippen LogP contribution in [0.15, 0.2) is 60.9 Å². The predicted molar refractivity (Wildman–Crippen MR) is 125 cm³/mol. The predicted octanol–water partition coefficient (Wildman–Crippen LogP) is 2.40. The molecule has 3 amide bonds. The SMILES string of the molecule is CC(=O)Nc1cc(NC(C)=O)cc(C(=O)OCC(=O)N[C@@H](c2ccccc2)c2nccn2C)c1. The number of imidazole rings is 1. The number of ether oxygens (including phenoxy) is 1. The minimum absolute atomic E-state index is 0.0616. The Morgan fingerprint density at radius 3 is 2.12 bits per heavy atom. The molecule has 0 aliphatic rings. The first-order valence-electron chi connectivity index (χ1n) is 10.4. The van der Waals surface area contributed by atoms with E-state index in [9.17, 15) is 19.2 Å². The number of anilines is 2. The second-order valence-electron chi connectivity index (χ2n) is 7.55. The molecule has 1 heterocycles. The molecule has 3 rings (SSSR count). The number of nitrogens with zero attached hydrogens (tertiary/aromatic N) is 2. The van der Waals surface area contributed by atoms with Gasteiger partial charge in [0.2, 0.25) is 11.8 Å². The zero-order valence-corrected chi connectivity index (χ0v) is 19.0. The molecule has 10 heteroatoms. The van der Waals surface area contributed by atoms with Crippen molar-refractivity contribution in [1.82, 2.24) is 14.9 Å². The number of carbonyl (C=O) groups excluding carboxylic acids is 4. The third kappa shape index (κ3) is 6.52. The number of esters is 1. The second-order valence-corrected chi connectivity index (χ2v) is 7.55. The summed E-state index contributed by atoms with van der Waals surface area (Å²) in [6, 6.07) is 13.1. The van der Waals surface area contributed by atoms with Crippen LogP contribution < -0.4 is 16.0 Å². The van der Waals surface area contributed by atoms with Gasteiger partial charge in [-0.15, -0.1) is 0 Å². The van der Waals surface area contributed by atoms with Crippen LogP contribution in [0.4, 0.5) is 11.4 Å². The molecule has 0 unspecified atom stereocenters. The number of hydrogen-bond donors (Lipinski definition) is 3. The average molecular weight is 463 g/mol. The molecule has 1 aromatic heterocycles. The Morgan fingerprint density at radius 1 is 0.971 bits per heavy atom. The molecule has 2 aromatic carbocycles. The molecule has 10 nitrogen and oxygen atoms in total. The van der Waals surface area contributed by atoms with Gasteiger partial charge in [-0.1, -0.05) is 30.3 Å². The quantitative estimate of drug-likeness (QED) is 0.440. The van der Waals surface area contributed by atoms with Crippen molar-refractivity contribution < 1.29 is 23.9 Å². The molecule has 0 bridgehead atoms. The van der Waals surface area contributed by atoms with Crippen LogP contribution in [0.1, 0.15) is 41.6 Å². The maximum Gasteiger partial charge on any atom is 0.338 e. The standard InChI is InChI=1S/C24H25N5O5/c1-15(30)26-19-11-18(12-20(13-19)27-16(2)31)24(33)34-14-21(32)28-22(17-7-5-4-6-8-17)23-25-9-10-29(23)3/h4-13,22H,14H2,1-3H3,(H,26,30)(H,27,31)(H,28,32)/t22-/m0/s1. The Hall–Kier alpha value is -4.47. The lowest BCUT2D eigenvalue weighted by molar-refractivity contribution is -0.124. The third-order valence-electron chi connectivity index (χ3n) is 4.70. The monoisotopic (exact) mass is 463 g/mol. The number of benzene rings is 2. The Labute approximate surface area is 196 Å². The molecule has 34 heavy (non-hydrogen) atoms. The molecule has 1 atom stereocenters. The molecule has 0 spiro atoms. The van der Waals surface area contributed by atoms with Crippen molar-refractivity contribution in [3.8, 4) is 0 Å². The first kappa shape index (κ1) is 24.2. The van der Waals surface area contributed by atoms with E-state index in [0.717, 1.165) is 5.56 Å². The molecule has 176 valence electrons. The fourth-order valence-corrected chi connectivity index (χ4v) is 3.31. The smallest absolute Gasteiger partial charge is 0.338 e. The molecule has 0 saturated heterocycles. The van der Waals surface area contributed by atoms with Gasteiger partial charge in [0.15, 0.2) is 6.61 Å². The van der Waals surface area contributed by atoms with Gasteiger partial charge in [-0.2, -0.15) is 0 Å². The summed E-state index contributed by atoms with van der Waals surface area (Å²) in [7, 11) is 1.82. The maximum atomic E-state index is 12.7. The van der Waals surface area contributed by atoms with Crippen molar-refractivity contribution in [3.63, 3.8) is 0 Å². The number of rotatable bonds is 8. The van der Waals surface area contributed by atoms with Gasteiger partial charge in [0.05, 0.1) is 5.56 Å². The highest BCUT2D eigenvalue weighted by Crippen LogP contribution is 2.21. The lowest BCUT2D eigenvalue weighted by Crippen LogP contribution is -2.34. The molecule has 0 aliphatic carbocycles. The molecule has 0 fully saturated rings. The van der Waals surface area contributed by atoms with Crippen LogP contribution in [0.5, 0.6) is 0 Å². The van der Waals surface area contributed by atoms with E-state index < -0.39 is 24.5 Å². The number of amides is 3. The Morgan fingerprint density at radius 2 is 1.59 bits per heavy atom. The highest BCUT2D eigenvalue weighted by molar-refractivity contribution is 5.98. The van der Waals surface area contributed by atoms with E-state index in [1.54, 1.807) is 17.0 Å². The lowest BCUT2D eigenvalue weighted by Gasteiger charge is -2.19. The third-order valence-corrected chi connectivity index (χ3v) is 4.70. The number of hydrogen-bond acceptors (Lipinski definition) is 6. The normalized spacial score (nSPS) is 11.3. The van der Waals surface area contributed by atoms with E-state index in [4.69, 9.17) is 4.74 Å². The van der Waals surface area contributed by atoms with Crippen LogP contribution >= 0.6 is 0 Å². The minimum Gasteiger partial charge on any atom is -0.452 e. The molecule has 0 aliphatic heterocycles. The zero-order chi connectivity index (χ0) is 24.7. The van der Waals surface area contributed by atoms with Crippen LogP contribution in [0, 0.1) is 0 Å². The van der Waals surface area contributed by atoms with Gasteiger partial charge < -0.3 is 25.3 Å². The second kappa shape index (κ2) is 10.9. The molecule has 0 saturated carbocycles. The molecule has 3 N–H and O–H groups in total. The largest absolute Gasteiger partial charge is 0.452 e. The van der Waals surface area contributed by atoms with Crippen LogP contribution in [-0.4, -0.2) is 39.8 Å². The van der Waals surface area contributed by atoms with Gasteiger partial charge in [-0.05, 0) is 23.8 Å². The maximum absolute atomic E-state index is 12.7. The van der Waals surface area contributed by atoms with Crippen molar-refractivity contribution in [2.75, 3.05) is 17.2 Å². The molecule has 3 aromatic rings. The highest BCUT2D eigenvalue weighted by Gasteiger charge is 2.21. The fourth-order valence-electron chi connectivity index (χ4n) is 3.31. The topological polar surface area (TPSA) is 131 Å². The van der Waals surface area contributed by atoms with E-state index in [1.165, 1.54) is 32.0 Å². The van der Waals surface area contributed by atoms with E-state index in [0.29, 0.717) is 17.2 Å². The highest BCUT2D eigenvalue weighted by atomic mass is 16.5. The van der Waals surface area contributed by atoms with E-state index >= 15 is 0 Å². The fraction of sp³-hybridized carbons (Fsp3) is 0.208. The van der Waals surface area contributed by atoms with Gasteiger partial charge in [0.1, 0.15) is 11.9 Å². The summed E-state index contributed by atoms with van der Waals surface area (Å²) in [6.07, 6.45) is 3.40. The Balaban J connectivity index is 1.72. The van der Waals surface area contributed by atoms with Gasteiger partial charge >= 0.3 is 5.97 Å². The van der Waals surface area contributed by atoms with Crippen molar-refractivity contribution >= 4 is 35.1 Å². The summed E-state index contributed by atoms with van der Waals surface area (Å²) >= 11 is 0. The van der Waals surface area contributed by atoms with Gasteiger partial charge in [0, 0.05) is 44.7 Å². The number of aromatic nitrogens is 2. The minimum atomic E-state index is -0.790. The summed E-state index contributed by atoms with van der Waals surface area (Å²) < 4.78 is 6.98. The Kier molecular flexibility index (Phi) is 7.75. The van der Waals surface area contributed by atoms with E-state index in [1.807, 2.05) is 37.4 Å². The summed E-state index contributed by atoms with van der Waals surface area (Å²) in [6.45, 7) is 2.10. The number of nitrogens with one attached hydrogen (secondary N) is 3. The summed E-state index contributed by atoms with van der Waals surface area (Å²) in [5, 5.41) is 7.96. The van der Waals surface area contributed by atoms with Crippen molar-refractivity contribution in [2.24, 2.45) is 7.05 Å². The summed E-state index contributed by atoms with van der Waals surface area (Å²) in [5.74, 6) is -1.39. The Bertz CT molecular complexity index is 1170. The number of carbonyl (C=O) groups is 4. The molecular formula is C24H25N5O5. The lowest BCUT2D eigenvalue weighted by atomic mass is 10.1. The van der Waals surface area contributed by atoms with Crippen LogP contribution in [0.3, 0.4) is 0 Å². The van der Waals surface area contributed by atoms with Crippen LogP contribution in [-0.2, 0) is 26.2 Å². The number of aryl methyl sites for hydroxylation is 1. The molecule has 0 radical (unpaired) electrons. The van der Waals surface area contributed by atoms with E-state index in [2.05, 4.69) is 20.9 Å². The van der Waals surface area contributed by atoms with Gasteiger partial charge in [-0.3, -0.25) is 14.4 Å². The van der Waals surface area contributed by atoms with Crippen LogP contribution in [0.25, 0.3) is 0 Å². The van der Waals surface area contributed by atoms with Crippen molar-refractivity contribution in [3.05, 3.63) is 77.9 Å². The van der Waals surface area contributed by atoms with Crippen molar-refractivity contribution in [1.29, 1.82) is 0 Å². The van der Waals surface area contributed by atoms with Crippen molar-refractivity contribution in [2.45, 2.75) is 19.9 Å². The van der Waals surface area contributed by atoms with Crippen LogP contribution in [0.2, 0.25) is 0 Å². The first-order chi connectivity index (χ1) is 16.2. The zero-order valence-electron chi connectivity index (χ0n) is 19.0.